The average Bonchev–Trinajstić information content (AvgIpc) is 3.15. The molecule has 0 spiro atoms. The van der Waals surface area contributed by atoms with E-state index in [0.29, 0.717) is 11.6 Å². The van der Waals surface area contributed by atoms with Gasteiger partial charge in [0.2, 0.25) is 5.95 Å². The van der Waals surface area contributed by atoms with Gasteiger partial charge in [0.25, 0.3) is 0 Å². The maximum atomic E-state index is 10.5. The van der Waals surface area contributed by atoms with Crippen LogP contribution in [0.15, 0.2) is 12.4 Å². The van der Waals surface area contributed by atoms with Crippen LogP contribution in [0.4, 0.5) is 5.95 Å². The lowest BCUT2D eigenvalue weighted by Crippen LogP contribution is -2.28. The van der Waals surface area contributed by atoms with Gasteiger partial charge in [-0.25, -0.2) is 9.97 Å². The van der Waals surface area contributed by atoms with Crippen molar-refractivity contribution in [3.8, 4) is 0 Å². The fraction of sp³-hybridized carbons (Fsp3) is 0.583. The van der Waals surface area contributed by atoms with Crippen LogP contribution in [-0.2, 0) is 0 Å². The lowest BCUT2D eigenvalue weighted by atomic mass is 10.3. The van der Waals surface area contributed by atoms with Crippen LogP contribution >= 0.6 is 0 Å². The molecule has 4 heteroatoms. The lowest BCUT2D eigenvalue weighted by Gasteiger charge is -2.21. The van der Waals surface area contributed by atoms with Crippen LogP contribution in [-0.4, -0.2) is 28.8 Å². The predicted octanol–water partition coefficient (Wildman–Crippen LogP) is 2.06. The van der Waals surface area contributed by atoms with Crippen molar-refractivity contribution in [3.05, 3.63) is 18.0 Å². The topological polar surface area (TPSA) is 46.1 Å². The molecule has 1 heterocycles. The number of hydrogen-bond acceptors (Lipinski definition) is 4. The Hall–Kier alpha value is -1.45. The third-order valence-electron chi connectivity index (χ3n) is 2.79. The minimum atomic E-state index is 0.537. The minimum Gasteiger partial charge on any atom is -0.338 e. The number of unbranched alkanes of at least 4 members (excludes halogenated alkanes) is 1. The molecule has 16 heavy (non-hydrogen) atoms. The van der Waals surface area contributed by atoms with Crippen LogP contribution in [0, 0.1) is 0 Å². The molecule has 0 atom stereocenters. The van der Waals surface area contributed by atoms with Crippen molar-refractivity contribution in [2.75, 3.05) is 11.4 Å². The van der Waals surface area contributed by atoms with E-state index in [1.165, 1.54) is 19.3 Å². The van der Waals surface area contributed by atoms with E-state index in [9.17, 15) is 4.79 Å². The standard InChI is InChI=1S/C12H17N3O/c1-2-3-6-15(11-4-5-11)12-13-7-10(9-16)8-14-12/h7-9,11H,2-6H2,1H3. The second-order valence-electron chi connectivity index (χ2n) is 4.21. The number of carbonyl (C=O) groups excluding carboxylic acids is 1. The molecule has 0 radical (unpaired) electrons. The van der Waals surface area contributed by atoms with Crippen LogP contribution in [0.25, 0.3) is 0 Å². The Kier molecular flexibility index (Phi) is 3.49. The van der Waals surface area contributed by atoms with E-state index >= 15 is 0 Å². The van der Waals surface area contributed by atoms with E-state index in [4.69, 9.17) is 0 Å². The first-order valence-electron chi connectivity index (χ1n) is 5.89. The predicted molar refractivity (Wildman–Crippen MR) is 62.7 cm³/mol. The number of anilines is 1. The minimum absolute atomic E-state index is 0.537. The van der Waals surface area contributed by atoms with Gasteiger partial charge in [-0.2, -0.15) is 0 Å². The molecule has 0 N–H and O–H groups in total. The zero-order chi connectivity index (χ0) is 11.4. The van der Waals surface area contributed by atoms with Crippen LogP contribution in [0.3, 0.4) is 0 Å². The van der Waals surface area contributed by atoms with E-state index in [0.717, 1.165) is 25.2 Å². The summed E-state index contributed by atoms with van der Waals surface area (Å²) < 4.78 is 0. The molecule has 1 saturated carbocycles. The van der Waals surface area contributed by atoms with Gasteiger partial charge >= 0.3 is 0 Å². The quantitative estimate of drug-likeness (QED) is 0.687. The highest BCUT2D eigenvalue weighted by atomic mass is 16.1. The molecule has 1 aliphatic carbocycles. The Morgan fingerprint density at radius 1 is 1.44 bits per heavy atom. The van der Waals surface area contributed by atoms with Crippen LogP contribution in [0.5, 0.6) is 0 Å². The van der Waals surface area contributed by atoms with Crippen molar-refractivity contribution in [2.45, 2.75) is 38.6 Å². The highest BCUT2D eigenvalue weighted by Crippen LogP contribution is 2.29. The van der Waals surface area contributed by atoms with Gasteiger partial charge in [-0.05, 0) is 19.3 Å². The number of carbonyl (C=O) groups is 1. The summed E-state index contributed by atoms with van der Waals surface area (Å²) in [5.41, 5.74) is 0.537. The maximum absolute atomic E-state index is 10.5. The van der Waals surface area contributed by atoms with Crippen molar-refractivity contribution in [1.29, 1.82) is 0 Å². The van der Waals surface area contributed by atoms with Crippen molar-refractivity contribution in [1.82, 2.24) is 9.97 Å². The molecular weight excluding hydrogens is 202 g/mol. The van der Waals surface area contributed by atoms with Crippen LogP contribution in [0.2, 0.25) is 0 Å². The molecule has 1 aliphatic rings. The molecule has 0 amide bonds. The third-order valence-corrected chi connectivity index (χ3v) is 2.79. The summed E-state index contributed by atoms with van der Waals surface area (Å²) in [6.07, 6.45) is 8.78. The van der Waals surface area contributed by atoms with Crippen molar-refractivity contribution in [3.63, 3.8) is 0 Å². The smallest absolute Gasteiger partial charge is 0.225 e. The highest BCUT2D eigenvalue weighted by molar-refractivity contribution is 5.73. The third kappa shape index (κ3) is 2.56. The van der Waals surface area contributed by atoms with Crippen LogP contribution < -0.4 is 4.90 Å². The monoisotopic (exact) mass is 219 g/mol. The SMILES string of the molecule is CCCCN(c1ncc(C=O)cn1)C1CC1. The molecule has 1 fully saturated rings. The fourth-order valence-corrected chi connectivity index (χ4v) is 1.70. The lowest BCUT2D eigenvalue weighted by molar-refractivity contribution is 0.112. The molecule has 0 unspecified atom stereocenters. The molecule has 2 rings (SSSR count). The second kappa shape index (κ2) is 5.05. The molecule has 86 valence electrons. The summed E-state index contributed by atoms with van der Waals surface area (Å²) in [5, 5.41) is 0. The Morgan fingerprint density at radius 2 is 2.12 bits per heavy atom. The van der Waals surface area contributed by atoms with Gasteiger partial charge in [0.1, 0.15) is 0 Å². The zero-order valence-corrected chi connectivity index (χ0v) is 9.59. The summed E-state index contributed by atoms with van der Waals surface area (Å²) in [6, 6.07) is 0.619. The number of aromatic nitrogens is 2. The van der Waals surface area contributed by atoms with Gasteiger partial charge in [-0.1, -0.05) is 13.3 Å². The van der Waals surface area contributed by atoms with Gasteiger partial charge in [-0.15, -0.1) is 0 Å². The van der Waals surface area contributed by atoms with Crippen molar-refractivity contribution < 1.29 is 4.79 Å². The summed E-state index contributed by atoms with van der Waals surface area (Å²) in [5.74, 6) is 0.765. The summed E-state index contributed by atoms with van der Waals surface area (Å²) >= 11 is 0. The van der Waals surface area contributed by atoms with Gasteiger partial charge in [-0.3, -0.25) is 4.79 Å². The number of rotatable bonds is 6. The van der Waals surface area contributed by atoms with Gasteiger partial charge in [0.15, 0.2) is 6.29 Å². The molecule has 0 aromatic carbocycles. The fourth-order valence-electron chi connectivity index (χ4n) is 1.70. The van der Waals surface area contributed by atoms with E-state index < -0.39 is 0 Å². The molecule has 4 nitrogen and oxygen atoms in total. The van der Waals surface area contributed by atoms with E-state index in [1.54, 1.807) is 12.4 Å². The molecule has 0 aliphatic heterocycles. The van der Waals surface area contributed by atoms with E-state index in [1.807, 2.05) is 0 Å². The number of nitrogens with zero attached hydrogens (tertiary/aromatic N) is 3. The van der Waals surface area contributed by atoms with Crippen molar-refractivity contribution >= 4 is 12.2 Å². The summed E-state index contributed by atoms with van der Waals surface area (Å²) in [4.78, 5) is 21.3. The average molecular weight is 219 g/mol. The first kappa shape index (κ1) is 11.0. The summed E-state index contributed by atoms with van der Waals surface area (Å²) in [6.45, 7) is 3.20. The molecule has 0 bridgehead atoms. The number of aldehydes is 1. The van der Waals surface area contributed by atoms with Gasteiger partial charge in [0, 0.05) is 25.0 Å². The molecule has 1 aromatic rings. The van der Waals surface area contributed by atoms with Crippen LogP contribution in [0.1, 0.15) is 43.0 Å². The first-order chi connectivity index (χ1) is 7.85. The zero-order valence-electron chi connectivity index (χ0n) is 9.59. The van der Waals surface area contributed by atoms with Crippen molar-refractivity contribution in [2.24, 2.45) is 0 Å². The van der Waals surface area contributed by atoms with E-state index in [2.05, 4.69) is 21.8 Å². The Bertz CT molecular complexity index is 346. The Balaban J connectivity index is 2.08. The maximum Gasteiger partial charge on any atom is 0.225 e. The normalized spacial score (nSPS) is 14.8. The summed E-state index contributed by atoms with van der Waals surface area (Å²) in [7, 11) is 0. The number of hydrogen-bond donors (Lipinski definition) is 0. The molecule has 0 saturated heterocycles. The largest absolute Gasteiger partial charge is 0.338 e. The molecule has 1 aromatic heterocycles. The molecular formula is C12H17N3O. The van der Waals surface area contributed by atoms with E-state index in [-0.39, 0.29) is 0 Å². The van der Waals surface area contributed by atoms with Gasteiger partial charge < -0.3 is 4.90 Å². The Labute approximate surface area is 95.7 Å². The highest BCUT2D eigenvalue weighted by Gasteiger charge is 2.30. The Morgan fingerprint density at radius 3 is 2.62 bits per heavy atom. The first-order valence-corrected chi connectivity index (χ1v) is 5.89. The van der Waals surface area contributed by atoms with Gasteiger partial charge in [0.05, 0.1) is 5.56 Å². The second-order valence-corrected chi connectivity index (χ2v) is 4.21.